The average molecular weight is 291 g/mol. The summed E-state index contributed by atoms with van der Waals surface area (Å²) in [5.41, 5.74) is 1.36. The van der Waals surface area contributed by atoms with Gasteiger partial charge >= 0.3 is 0 Å². The molecule has 1 heterocycles. The van der Waals surface area contributed by atoms with Gasteiger partial charge in [0.15, 0.2) is 0 Å². The van der Waals surface area contributed by atoms with E-state index >= 15 is 0 Å². The molecule has 1 N–H and O–H groups in total. The van der Waals surface area contributed by atoms with Crippen LogP contribution in [0, 0.1) is 0 Å². The summed E-state index contributed by atoms with van der Waals surface area (Å²) in [6, 6.07) is 9.11. The van der Waals surface area contributed by atoms with Crippen molar-refractivity contribution < 1.29 is 4.74 Å². The fourth-order valence-corrected chi connectivity index (χ4v) is 3.61. The summed E-state index contributed by atoms with van der Waals surface area (Å²) >= 11 is 1.84. The molecule has 2 aromatic rings. The lowest BCUT2D eigenvalue weighted by Gasteiger charge is -2.29. The van der Waals surface area contributed by atoms with Crippen LogP contribution in [0.25, 0.3) is 10.1 Å². The predicted molar refractivity (Wildman–Crippen MR) is 88.7 cm³/mol. The molecule has 0 saturated carbocycles. The summed E-state index contributed by atoms with van der Waals surface area (Å²) in [5.74, 6) is 0. The van der Waals surface area contributed by atoms with Crippen molar-refractivity contribution in [2.45, 2.75) is 45.3 Å². The van der Waals surface area contributed by atoms with Gasteiger partial charge in [0, 0.05) is 17.9 Å². The molecule has 1 aromatic heterocycles. The van der Waals surface area contributed by atoms with Crippen LogP contribution in [0.15, 0.2) is 29.6 Å². The molecule has 0 amide bonds. The van der Waals surface area contributed by atoms with E-state index < -0.39 is 0 Å². The highest BCUT2D eigenvalue weighted by atomic mass is 32.1. The lowest BCUT2D eigenvalue weighted by molar-refractivity contribution is 0.00729. The standard InChI is InChI=1S/C17H25NOS/c1-5-18-14(11-17(2,3)19-4)10-13-12-20-16-9-7-6-8-15(13)16/h6-9,12,14,18H,5,10-11H2,1-4H3. The van der Waals surface area contributed by atoms with Gasteiger partial charge in [-0.15, -0.1) is 11.3 Å². The summed E-state index contributed by atoms with van der Waals surface area (Å²) < 4.78 is 6.96. The Morgan fingerprint density at radius 2 is 2.05 bits per heavy atom. The first kappa shape index (κ1) is 15.5. The Labute approximate surface area is 126 Å². The van der Waals surface area contributed by atoms with E-state index in [4.69, 9.17) is 4.74 Å². The van der Waals surface area contributed by atoms with Gasteiger partial charge in [0.05, 0.1) is 5.60 Å². The highest BCUT2D eigenvalue weighted by molar-refractivity contribution is 7.17. The van der Waals surface area contributed by atoms with Crippen LogP contribution in [-0.4, -0.2) is 25.3 Å². The minimum Gasteiger partial charge on any atom is -0.379 e. The van der Waals surface area contributed by atoms with Gasteiger partial charge in [0.1, 0.15) is 0 Å². The fourth-order valence-electron chi connectivity index (χ4n) is 2.64. The number of likely N-dealkylation sites (N-methyl/N-ethyl adjacent to an activating group) is 1. The van der Waals surface area contributed by atoms with Crippen LogP contribution >= 0.6 is 11.3 Å². The van der Waals surface area contributed by atoms with Crippen LogP contribution in [0.3, 0.4) is 0 Å². The van der Waals surface area contributed by atoms with Crippen LogP contribution < -0.4 is 5.32 Å². The minimum absolute atomic E-state index is 0.0847. The molecule has 110 valence electrons. The van der Waals surface area contributed by atoms with Crippen molar-refractivity contribution in [1.29, 1.82) is 0 Å². The molecule has 0 fully saturated rings. The average Bonchev–Trinajstić information content (AvgIpc) is 2.82. The first-order valence-corrected chi connectivity index (χ1v) is 8.17. The van der Waals surface area contributed by atoms with Crippen LogP contribution in [0.1, 0.15) is 32.8 Å². The maximum atomic E-state index is 5.58. The van der Waals surface area contributed by atoms with Crippen molar-refractivity contribution in [1.82, 2.24) is 5.32 Å². The van der Waals surface area contributed by atoms with Crippen LogP contribution in [0.4, 0.5) is 0 Å². The van der Waals surface area contributed by atoms with E-state index in [1.165, 1.54) is 15.6 Å². The van der Waals surface area contributed by atoms with Crippen molar-refractivity contribution >= 4 is 21.4 Å². The lowest BCUT2D eigenvalue weighted by Crippen LogP contribution is -2.39. The zero-order valence-corrected chi connectivity index (χ0v) is 13.7. The van der Waals surface area contributed by atoms with Crippen molar-refractivity contribution in [2.75, 3.05) is 13.7 Å². The normalized spacial score (nSPS) is 13.8. The summed E-state index contributed by atoms with van der Waals surface area (Å²) in [5, 5.41) is 7.30. The van der Waals surface area contributed by atoms with Gasteiger partial charge < -0.3 is 10.1 Å². The predicted octanol–water partition coefficient (Wildman–Crippen LogP) is 4.24. The third kappa shape index (κ3) is 3.81. The van der Waals surface area contributed by atoms with E-state index in [1.54, 1.807) is 7.11 Å². The smallest absolute Gasteiger partial charge is 0.0637 e. The second-order valence-electron chi connectivity index (χ2n) is 5.88. The topological polar surface area (TPSA) is 21.3 Å². The Hall–Kier alpha value is -0.900. The zero-order chi connectivity index (χ0) is 14.6. The highest BCUT2D eigenvalue weighted by Crippen LogP contribution is 2.28. The van der Waals surface area contributed by atoms with Gasteiger partial charge in [-0.3, -0.25) is 0 Å². The Bertz CT molecular complexity index is 547. The first-order chi connectivity index (χ1) is 9.55. The van der Waals surface area contributed by atoms with E-state index in [1.807, 2.05) is 11.3 Å². The highest BCUT2D eigenvalue weighted by Gasteiger charge is 2.23. The molecule has 0 aliphatic carbocycles. The summed E-state index contributed by atoms with van der Waals surface area (Å²) in [7, 11) is 1.79. The molecular weight excluding hydrogens is 266 g/mol. The minimum atomic E-state index is -0.0847. The van der Waals surface area contributed by atoms with E-state index in [0.717, 1.165) is 19.4 Å². The fraction of sp³-hybridized carbons (Fsp3) is 0.529. The van der Waals surface area contributed by atoms with E-state index in [9.17, 15) is 0 Å². The molecule has 0 saturated heterocycles. The molecule has 1 atom stereocenters. The first-order valence-electron chi connectivity index (χ1n) is 7.29. The Morgan fingerprint density at radius 1 is 1.30 bits per heavy atom. The molecule has 0 radical (unpaired) electrons. The van der Waals surface area contributed by atoms with Crippen molar-refractivity contribution in [3.63, 3.8) is 0 Å². The third-order valence-electron chi connectivity index (χ3n) is 3.81. The monoisotopic (exact) mass is 291 g/mol. The van der Waals surface area contributed by atoms with Gasteiger partial charge in [-0.25, -0.2) is 0 Å². The SMILES string of the molecule is CCNC(Cc1csc2ccccc12)CC(C)(C)OC. The number of thiophene rings is 1. The van der Waals surface area contributed by atoms with Gasteiger partial charge in [0.2, 0.25) is 0 Å². The number of benzene rings is 1. The molecule has 1 unspecified atom stereocenters. The molecule has 0 aliphatic rings. The number of hydrogen-bond donors (Lipinski definition) is 1. The molecule has 0 spiro atoms. The number of ether oxygens (including phenoxy) is 1. The molecule has 1 aromatic carbocycles. The van der Waals surface area contributed by atoms with Crippen molar-refractivity contribution in [3.05, 3.63) is 35.2 Å². The molecule has 3 heteroatoms. The molecular formula is C17H25NOS. The van der Waals surface area contributed by atoms with Crippen molar-refractivity contribution in [3.8, 4) is 0 Å². The molecule has 0 bridgehead atoms. The number of rotatable bonds is 7. The van der Waals surface area contributed by atoms with Crippen LogP contribution in [-0.2, 0) is 11.2 Å². The van der Waals surface area contributed by atoms with Crippen LogP contribution in [0.5, 0.6) is 0 Å². The van der Waals surface area contributed by atoms with E-state index in [2.05, 4.69) is 55.7 Å². The number of methoxy groups -OCH3 is 1. The lowest BCUT2D eigenvalue weighted by atomic mass is 9.94. The summed E-state index contributed by atoms with van der Waals surface area (Å²) in [4.78, 5) is 0. The quantitative estimate of drug-likeness (QED) is 0.824. The second-order valence-corrected chi connectivity index (χ2v) is 6.79. The Morgan fingerprint density at radius 3 is 2.75 bits per heavy atom. The van der Waals surface area contributed by atoms with Gasteiger partial charge in [-0.05, 0) is 55.6 Å². The summed E-state index contributed by atoms with van der Waals surface area (Å²) in [6.07, 6.45) is 2.08. The third-order valence-corrected chi connectivity index (χ3v) is 4.82. The van der Waals surface area contributed by atoms with E-state index in [0.29, 0.717) is 6.04 Å². The number of fused-ring (bicyclic) bond motifs is 1. The number of nitrogens with one attached hydrogen (secondary N) is 1. The molecule has 0 aliphatic heterocycles. The van der Waals surface area contributed by atoms with Gasteiger partial charge in [-0.1, -0.05) is 25.1 Å². The second kappa shape index (κ2) is 6.70. The molecule has 2 nitrogen and oxygen atoms in total. The Balaban J connectivity index is 2.15. The maximum Gasteiger partial charge on any atom is 0.0637 e. The maximum absolute atomic E-state index is 5.58. The Kier molecular flexibility index (Phi) is 5.19. The molecule has 20 heavy (non-hydrogen) atoms. The zero-order valence-electron chi connectivity index (χ0n) is 12.9. The number of hydrogen-bond acceptors (Lipinski definition) is 3. The van der Waals surface area contributed by atoms with Crippen molar-refractivity contribution in [2.24, 2.45) is 0 Å². The van der Waals surface area contributed by atoms with Gasteiger partial charge in [-0.2, -0.15) is 0 Å². The van der Waals surface area contributed by atoms with Gasteiger partial charge in [0.25, 0.3) is 0 Å². The van der Waals surface area contributed by atoms with Crippen LogP contribution in [0.2, 0.25) is 0 Å². The largest absolute Gasteiger partial charge is 0.379 e. The molecule has 2 rings (SSSR count). The summed E-state index contributed by atoms with van der Waals surface area (Å²) in [6.45, 7) is 7.47. The van der Waals surface area contributed by atoms with E-state index in [-0.39, 0.29) is 5.60 Å².